The highest BCUT2D eigenvalue weighted by molar-refractivity contribution is 7.87. The molecule has 14 heavy (non-hydrogen) atoms. The van der Waals surface area contributed by atoms with Gasteiger partial charge in [0.2, 0.25) is 0 Å². The lowest BCUT2D eigenvalue weighted by atomic mass is 10.1. The molecule has 0 spiro atoms. The lowest BCUT2D eigenvalue weighted by Gasteiger charge is -2.33. The maximum atomic E-state index is 11.6. The summed E-state index contributed by atoms with van der Waals surface area (Å²) < 4.78 is 26.8. The van der Waals surface area contributed by atoms with Crippen molar-refractivity contribution in [2.24, 2.45) is 5.73 Å². The van der Waals surface area contributed by atoms with E-state index in [1.54, 1.807) is 0 Å². The maximum absolute atomic E-state index is 11.6. The van der Waals surface area contributed by atoms with E-state index >= 15 is 0 Å². The molecule has 1 aliphatic rings. The zero-order chi connectivity index (χ0) is 10.8. The second-order valence-electron chi connectivity index (χ2n) is 3.23. The van der Waals surface area contributed by atoms with Gasteiger partial charge in [0.25, 0.3) is 10.2 Å². The molecule has 0 bridgehead atoms. The van der Waals surface area contributed by atoms with Crippen molar-refractivity contribution in [2.75, 3.05) is 13.6 Å². The number of thiocarbonyl (C=S) groups is 1. The minimum atomic E-state index is -3.40. The molecular formula is C7H15N3O2S2. The van der Waals surface area contributed by atoms with Gasteiger partial charge in [0.05, 0.1) is 11.0 Å². The summed E-state index contributed by atoms with van der Waals surface area (Å²) >= 11 is 4.85. The Hall–Kier alpha value is -0.240. The second-order valence-corrected chi connectivity index (χ2v) is 5.53. The highest BCUT2D eigenvalue weighted by Crippen LogP contribution is 2.19. The van der Waals surface area contributed by atoms with Gasteiger partial charge in [-0.1, -0.05) is 18.6 Å². The van der Waals surface area contributed by atoms with E-state index in [1.807, 2.05) is 0 Å². The van der Waals surface area contributed by atoms with Gasteiger partial charge in [0, 0.05) is 13.6 Å². The molecule has 3 N–H and O–H groups in total. The topological polar surface area (TPSA) is 75.4 Å². The van der Waals surface area contributed by atoms with Gasteiger partial charge < -0.3 is 5.73 Å². The summed E-state index contributed by atoms with van der Waals surface area (Å²) in [6, 6.07) is -0.323. The third-order valence-electron chi connectivity index (χ3n) is 2.35. The van der Waals surface area contributed by atoms with Gasteiger partial charge in [-0.3, -0.25) is 0 Å². The molecule has 7 heteroatoms. The van der Waals surface area contributed by atoms with Crippen LogP contribution in [-0.4, -0.2) is 37.3 Å². The first kappa shape index (κ1) is 11.8. The van der Waals surface area contributed by atoms with E-state index in [4.69, 9.17) is 18.0 Å². The zero-order valence-electron chi connectivity index (χ0n) is 8.06. The molecule has 1 saturated heterocycles. The smallest absolute Gasteiger partial charge is 0.279 e. The van der Waals surface area contributed by atoms with Gasteiger partial charge >= 0.3 is 0 Å². The first-order valence-corrected chi connectivity index (χ1v) is 6.33. The van der Waals surface area contributed by atoms with Crippen molar-refractivity contribution >= 4 is 27.4 Å². The zero-order valence-corrected chi connectivity index (χ0v) is 9.70. The van der Waals surface area contributed by atoms with Crippen molar-refractivity contribution in [1.29, 1.82) is 0 Å². The third kappa shape index (κ3) is 2.41. The summed E-state index contributed by atoms with van der Waals surface area (Å²) in [5.41, 5.74) is 5.51. The molecule has 0 aliphatic carbocycles. The van der Waals surface area contributed by atoms with Crippen LogP contribution in [0.15, 0.2) is 0 Å². The highest BCUT2D eigenvalue weighted by Gasteiger charge is 2.32. The lowest BCUT2D eigenvalue weighted by Crippen LogP contribution is -2.52. The van der Waals surface area contributed by atoms with E-state index in [0.29, 0.717) is 6.54 Å². The van der Waals surface area contributed by atoms with Crippen LogP contribution in [-0.2, 0) is 10.2 Å². The first-order valence-electron chi connectivity index (χ1n) is 4.48. The monoisotopic (exact) mass is 237 g/mol. The van der Waals surface area contributed by atoms with Crippen LogP contribution in [0.5, 0.6) is 0 Å². The van der Waals surface area contributed by atoms with Crippen LogP contribution in [0.4, 0.5) is 0 Å². The number of nitrogens with two attached hydrogens (primary N) is 1. The summed E-state index contributed by atoms with van der Waals surface area (Å²) in [4.78, 5) is 0.253. The van der Waals surface area contributed by atoms with E-state index < -0.39 is 10.2 Å². The minimum Gasteiger partial charge on any atom is -0.392 e. The van der Waals surface area contributed by atoms with Crippen LogP contribution < -0.4 is 10.5 Å². The van der Waals surface area contributed by atoms with Crippen molar-refractivity contribution in [2.45, 2.75) is 25.3 Å². The Kier molecular flexibility index (Phi) is 3.82. The molecule has 5 nitrogen and oxygen atoms in total. The van der Waals surface area contributed by atoms with Crippen LogP contribution in [0.1, 0.15) is 19.3 Å². The van der Waals surface area contributed by atoms with Crippen molar-refractivity contribution < 1.29 is 8.42 Å². The molecule has 1 fully saturated rings. The van der Waals surface area contributed by atoms with E-state index in [1.165, 1.54) is 11.4 Å². The Morgan fingerprint density at radius 1 is 1.57 bits per heavy atom. The Bertz CT molecular complexity index is 315. The lowest BCUT2D eigenvalue weighted by molar-refractivity contribution is 0.304. The average molecular weight is 237 g/mol. The van der Waals surface area contributed by atoms with Crippen LogP contribution in [0.3, 0.4) is 0 Å². The van der Waals surface area contributed by atoms with Crippen molar-refractivity contribution in [3.63, 3.8) is 0 Å². The van der Waals surface area contributed by atoms with Gasteiger partial charge in [0.1, 0.15) is 0 Å². The molecule has 0 radical (unpaired) electrons. The SMILES string of the molecule is CNS(=O)(=O)N1CCCCC1C(N)=S. The Labute approximate surface area is 89.8 Å². The number of nitrogens with zero attached hydrogens (tertiary/aromatic N) is 1. The summed E-state index contributed by atoms with van der Waals surface area (Å²) in [6.07, 6.45) is 2.55. The molecule has 1 rings (SSSR count). The fourth-order valence-electron chi connectivity index (χ4n) is 1.59. The van der Waals surface area contributed by atoms with Crippen LogP contribution in [0.2, 0.25) is 0 Å². The number of hydrogen-bond acceptors (Lipinski definition) is 3. The average Bonchev–Trinajstić information content (AvgIpc) is 2.18. The Morgan fingerprint density at radius 2 is 2.21 bits per heavy atom. The molecule has 0 aromatic rings. The van der Waals surface area contributed by atoms with Gasteiger partial charge in [-0.05, 0) is 12.8 Å². The molecule has 0 aromatic heterocycles. The summed E-state index contributed by atoms with van der Waals surface area (Å²) in [5.74, 6) is 0. The second kappa shape index (κ2) is 4.52. The summed E-state index contributed by atoms with van der Waals surface area (Å²) in [5, 5.41) is 0. The van der Waals surface area contributed by atoms with Crippen molar-refractivity contribution in [3.8, 4) is 0 Å². The molecule has 1 atom stereocenters. The van der Waals surface area contributed by atoms with Gasteiger partial charge in [0.15, 0.2) is 0 Å². The summed E-state index contributed by atoms with van der Waals surface area (Å²) in [6.45, 7) is 0.491. The quantitative estimate of drug-likeness (QED) is 0.654. The fraction of sp³-hybridized carbons (Fsp3) is 0.857. The number of rotatable bonds is 3. The van der Waals surface area contributed by atoms with Crippen LogP contribution in [0, 0.1) is 0 Å². The highest BCUT2D eigenvalue weighted by atomic mass is 32.2. The normalized spacial score (nSPS) is 24.8. The minimum absolute atomic E-state index is 0.253. The van der Waals surface area contributed by atoms with Crippen molar-refractivity contribution in [1.82, 2.24) is 9.03 Å². The maximum Gasteiger partial charge on any atom is 0.279 e. The molecule has 1 heterocycles. The van der Waals surface area contributed by atoms with Gasteiger partial charge in [-0.15, -0.1) is 0 Å². The molecule has 1 unspecified atom stereocenters. The predicted molar refractivity (Wildman–Crippen MR) is 59.1 cm³/mol. The fourth-order valence-corrected chi connectivity index (χ4v) is 3.06. The van der Waals surface area contributed by atoms with Gasteiger partial charge in [-0.25, -0.2) is 4.72 Å². The molecule has 1 aliphatic heterocycles. The predicted octanol–water partition coefficient (Wildman–Crippen LogP) is -0.409. The van der Waals surface area contributed by atoms with Crippen LogP contribution in [0.25, 0.3) is 0 Å². The standard InChI is InChI=1S/C7H15N3O2S2/c1-9-14(11,12)10-5-3-2-4-6(10)7(8)13/h6,9H,2-5H2,1H3,(H2,8,13). The number of hydrogen-bond donors (Lipinski definition) is 2. The van der Waals surface area contributed by atoms with Crippen LogP contribution >= 0.6 is 12.2 Å². The molecule has 82 valence electrons. The Morgan fingerprint density at radius 3 is 2.71 bits per heavy atom. The first-order chi connectivity index (χ1) is 6.49. The van der Waals surface area contributed by atoms with Crippen molar-refractivity contribution in [3.05, 3.63) is 0 Å². The molecule has 0 amide bonds. The molecular weight excluding hydrogens is 222 g/mol. The number of nitrogens with one attached hydrogen (secondary N) is 1. The largest absolute Gasteiger partial charge is 0.392 e. The molecule has 0 saturated carbocycles. The summed E-state index contributed by atoms with van der Waals surface area (Å²) in [7, 11) is -2.01. The third-order valence-corrected chi connectivity index (χ3v) is 4.19. The van der Waals surface area contributed by atoms with E-state index in [0.717, 1.165) is 19.3 Å². The molecule has 0 aromatic carbocycles. The number of piperidine rings is 1. The van der Waals surface area contributed by atoms with E-state index in [2.05, 4.69) is 4.72 Å². The van der Waals surface area contributed by atoms with Gasteiger partial charge in [-0.2, -0.15) is 12.7 Å². The van der Waals surface area contributed by atoms with E-state index in [9.17, 15) is 8.42 Å². The Balaban J connectivity index is 2.88. The van der Waals surface area contributed by atoms with E-state index in [-0.39, 0.29) is 11.0 Å².